The molecule has 23 heavy (non-hydrogen) atoms. The van der Waals surface area contributed by atoms with Crippen molar-refractivity contribution < 1.29 is 5.11 Å². The predicted molar refractivity (Wildman–Crippen MR) is 98.6 cm³/mol. The summed E-state index contributed by atoms with van der Waals surface area (Å²) in [5, 5.41) is 9.99. The first-order chi connectivity index (χ1) is 11.1. The van der Waals surface area contributed by atoms with Gasteiger partial charge in [-0.3, -0.25) is 0 Å². The molecule has 2 rings (SSSR count). The van der Waals surface area contributed by atoms with Crippen LogP contribution in [0.2, 0.25) is 0 Å². The van der Waals surface area contributed by atoms with Crippen LogP contribution in [0.15, 0.2) is 47.4 Å². The molecule has 0 fully saturated rings. The molecular formula is C20H23NOS. The third-order valence-electron chi connectivity index (χ3n) is 3.64. The molecule has 120 valence electrons. The zero-order chi connectivity index (χ0) is 16.7. The number of hydrogen-bond acceptors (Lipinski definition) is 3. The summed E-state index contributed by atoms with van der Waals surface area (Å²) < 4.78 is 0. The molecule has 0 heterocycles. The van der Waals surface area contributed by atoms with Crippen LogP contribution in [-0.4, -0.2) is 17.4 Å². The average molecular weight is 325 g/mol. The van der Waals surface area contributed by atoms with Gasteiger partial charge >= 0.3 is 0 Å². The normalized spacial score (nSPS) is 11.7. The molecule has 0 aliphatic heterocycles. The van der Waals surface area contributed by atoms with Gasteiger partial charge in [0.25, 0.3) is 0 Å². The van der Waals surface area contributed by atoms with Crippen LogP contribution in [0, 0.1) is 25.7 Å². The van der Waals surface area contributed by atoms with Crippen LogP contribution in [0.5, 0.6) is 0 Å². The lowest BCUT2D eigenvalue weighted by molar-refractivity contribution is 0.170. The molecule has 0 spiro atoms. The van der Waals surface area contributed by atoms with Gasteiger partial charge in [-0.05, 0) is 55.6 Å². The van der Waals surface area contributed by atoms with E-state index in [0.717, 1.165) is 16.9 Å². The van der Waals surface area contributed by atoms with Crippen molar-refractivity contribution in [2.45, 2.75) is 31.3 Å². The summed E-state index contributed by atoms with van der Waals surface area (Å²) in [6.45, 7) is 4.74. The molecule has 2 aromatic rings. The smallest absolute Gasteiger partial charge is 0.0802 e. The molecule has 2 aromatic carbocycles. The van der Waals surface area contributed by atoms with E-state index in [-0.39, 0.29) is 0 Å². The highest BCUT2D eigenvalue weighted by atomic mass is 32.2. The fraction of sp³-hybridized carbons (Fsp3) is 0.300. The summed E-state index contributed by atoms with van der Waals surface area (Å²) in [6, 6.07) is 14.1. The molecule has 0 aliphatic rings. The summed E-state index contributed by atoms with van der Waals surface area (Å²) in [6.07, 6.45) is 0.0602. The van der Waals surface area contributed by atoms with Crippen molar-refractivity contribution in [1.82, 2.24) is 0 Å². The number of aliphatic hydroxyl groups excluding tert-OH is 1. The van der Waals surface area contributed by atoms with Gasteiger partial charge in [-0.15, -0.1) is 11.8 Å². The standard InChI is InChI=1S/C20H23NOS/c1-15-6-3-7-16(2)20(15)23-13-5-9-17-8-4-10-18(14-17)19(22)11-12-21/h3-4,6-8,10,14,19,22H,11-13,21H2,1-2H3/t19-/m1/s1. The van der Waals surface area contributed by atoms with Crippen LogP contribution in [0.1, 0.15) is 34.8 Å². The van der Waals surface area contributed by atoms with Gasteiger partial charge < -0.3 is 10.8 Å². The number of aryl methyl sites for hydroxylation is 2. The third kappa shape index (κ3) is 5.14. The molecule has 0 saturated carbocycles. The van der Waals surface area contributed by atoms with Gasteiger partial charge in [-0.1, -0.05) is 42.2 Å². The Hall–Kier alpha value is -1.73. The van der Waals surface area contributed by atoms with Crippen LogP contribution < -0.4 is 5.73 Å². The third-order valence-corrected chi connectivity index (χ3v) is 4.86. The second-order valence-corrected chi connectivity index (χ2v) is 6.52. The monoisotopic (exact) mass is 325 g/mol. The van der Waals surface area contributed by atoms with Gasteiger partial charge in [0.15, 0.2) is 0 Å². The predicted octanol–water partition coefficient (Wildman–Crippen LogP) is 3.83. The zero-order valence-electron chi connectivity index (χ0n) is 13.7. The van der Waals surface area contributed by atoms with E-state index in [0.29, 0.717) is 13.0 Å². The van der Waals surface area contributed by atoms with Crippen LogP contribution in [0.25, 0.3) is 0 Å². The van der Waals surface area contributed by atoms with Crippen molar-refractivity contribution in [3.05, 3.63) is 64.7 Å². The first kappa shape index (κ1) is 17.6. The first-order valence-electron chi connectivity index (χ1n) is 7.78. The largest absolute Gasteiger partial charge is 0.388 e. The van der Waals surface area contributed by atoms with E-state index in [1.54, 1.807) is 11.8 Å². The first-order valence-corrected chi connectivity index (χ1v) is 8.76. The second kappa shape index (κ2) is 8.79. The minimum Gasteiger partial charge on any atom is -0.388 e. The number of nitrogens with two attached hydrogens (primary N) is 1. The van der Waals surface area contributed by atoms with Crippen LogP contribution in [0.3, 0.4) is 0 Å². The Kier molecular flexibility index (Phi) is 6.73. The number of benzene rings is 2. The van der Waals surface area contributed by atoms with E-state index < -0.39 is 6.10 Å². The summed E-state index contributed by atoms with van der Waals surface area (Å²) in [4.78, 5) is 1.31. The Balaban J connectivity index is 2.01. The molecule has 0 amide bonds. The van der Waals surface area contributed by atoms with Gasteiger partial charge in [0.2, 0.25) is 0 Å². The van der Waals surface area contributed by atoms with E-state index in [2.05, 4.69) is 43.9 Å². The van der Waals surface area contributed by atoms with Crippen molar-refractivity contribution in [3.63, 3.8) is 0 Å². The molecule has 2 nitrogen and oxygen atoms in total. The summed E-state index contributed by atoms with van der Waals surface area (Å²) >= 11 is 1.77. The van der Waals surface area contributed by atoms with Crippen molar-refractivity contribution in [2.24, 2.45) is 5.73 Å². The van der Waals surface area contributed by atoms with Crippen molar-refractivity contribution in [1.29, 1.82) is 0 Å². The van der Waals surface area contributed by atoms with Crippen molar-refractivity contribution in [3.8, 4) is 11.8 Å². The molecular weight excluding hydrogens is 302 g/mol. The highest BCUT2D eigenvalue weighted by Gasteiger charge is 2.06. The highest BCUT2D eigenvalue weighted by Crippen LogP contribution is 2.25. The van der Waals surface area contributed by atoms with Crippen LogP contribution in [0.4, 0.5) is 0 Å². The summed E-state index contributed by atoms with van der Waals surface area (Å²) in [5.41, 5.74) is 9.89. The molecule has 0 aromatic heterocycles. The fourth-order valence-electron chi connectivity index (χ4n) is 2.42. The topological polar surface area (TPSA) is 46.2 Å². The maximum Gasteiger partial charge on any atom is 0.0802 e. The lowest BCUT2D eigenvalue weighted by Crippen LogP contribution is -2.06. The lowest BCUT2D eigenvalue weighted by Gasteiger charge is -2.09. The molecule has 0 aliphatic carbocycles. The average Bonchev–Trinajstić information content (AvgIpc) is 2.54. The molecule has 0 radical (unpaired) electrons. The van der Waals surface area contributed by atoms with Gasteiger partial charge in [0, 0.05) is 10.5 Å². The highest BCUT2D eigenvalue weighted by molar-refractivity contribution is 7.99. The fourth-order valence-corrected chi connectivity index (χ4v) is 3.30. The zero-order valence-corrected chi connectivity index (χ0v) is 14.5. The van der Waals surface area contributed by atoms with E-state index in [4.69, 9.17) is 5.73 Å². The van der Waals surface area contributed by atoms with E-state index in [1.807, 2.05) is 24.3 Å². The molecule has 0 unspecified atom stereocenters. The maximum atomic E-state index is 9.99. The molecule has 1 atom stereocenters. The molecule has 3 heteroatoms. The SMILES string of the molecule is Cc1cccc(C)c1SCC#Cc1cccc([C@H](O)CCN)c1. The van der Waals surface area contributed by atoms with Gasteiger partial charge in [-0.2, -0.15) is 0 Å². The number of rotatable bonds is 5. The summed E-state index contributed by atoms with van der Waals surface area (Å²) in [5.74, 6) is 7.14. The van der Waals surface area contributed by atoms with E-state index >= 15 is 0 Å². The Bertz CT molecular complexity index is 695. The van der Waals surface area contributed by atoms with Crippen LogP contribution >= 0.6 is 11.8 Å². The van der Waals surface area contributed by atoms with Crippen LogP contribution in [-0.2, 0) is 0 Å². The number of hydrogen-bond donors (Lipinski definition) is 2. The van der Waals surface area contributed by atoms with E-state index in [9.17, 15) is 5.11 Å². The Labute approximate surface area is 143 Å². The molecule has 3 N–H and O–H groups in total. The minimum absolute atomic E-state index is 0.476. The quantitative estimate of drug-likeness (QED) is 0.649. The summed E-state index contributed by atoms with van der Waals surface area (Å²) in [7, 11) is 0. The maximum absolute atomic E-state index is 9.99. The molecule has 0 saturated heterocycles. The van der Waals surface area contributed by atoms with Gasteiger partial charge in [0.1, 0.15) is 0 Å². The Morgan fingerprint density at radius 3 is 2.52 bits per heavy atom. The Morgan fingerprint density at radius 2 is 1.83 bits per heavy atom. The molecule has 0 bridgehead atoms. The van der Waals surface area contributed by atoms with Gasteiger partial charge in [0.05, 0.1) is 11.9 Å². The lowest BCUT2D eigenvalue weighted by atomic mass is 10.0. The van der Waals surface area contributed by atoms with Crippen molar-refractivity contribution >= 4 is 11.8 Å². The number of thioether (sulfide) groups is 1. The van der Waals surface area contributed by atoms with E-state index in [1.165, 1.54) is 16.0 Å². The van der Waals surface area contributed by atoms with Crippen molar-refractivity contribution in [2.75, 3.05) is 12.3 Å². The second-order valence-electron chi connectivity index (χ2n) is 5.53. The number of aliphatic hydroxyl groups is 1. The minimum atomic E-state index is -0.509. The van der Waals surface area contributed by atoms with Gasteiger partial charge in [-0.25, -0.2) is 0 Å². The Morgan fingerprint density at radius 1 is 1.13 bits per heavy atom.